The van der Waals surface area contributed by atoms with Crippen LogP contribution in [-0.2, 0) is 0 Å². The molecule has 3 heteroatoms. The van der Waals surface area contributed by atoms with Gasteiger partial charge in [-0.3, -0.25) is 4.98 Å². The van der Waals surface area contributed by atoms with E-state index in [1.54, 1.807) is 12.3 Å². The highest BCUT2D eigenvalue weighted by Crippen LogP contribution is 2.23. The van der Waals surface area contributed by atoms with E-state index < -0.39 is 0 Å². The number of halogens is 1. The van der Waals surface area contributed by atoms with Gasteiger partial charge in [0.2, 0.25) is 0 Å². The molecule has 0 amide bonds. The molecule has 2 nitrogen and oxygen atoms in total. The average molecular weight is 180 g/mol. The Kier molecular flexibility index (Phi) is 2.27. The number of pyridine rings is 1. The summed E-state index contributed by atoms with van der Waals surface area (Å²) in [4.78, 5) is 4.12. The van der Waals surface area contributed by atoms with Crippen molar-refractivity contribution in [2.45, 2.75) is 25.8 Å². The SMILES string of the molecule is Cc1cnc(C2CCCN2)c(F)c1. The lowest BCUT2D eigenvalue weighted by Crippen LogP contribution is -2.15. The van der Waals surface area contributed by atoms with E-state index in [9.17, 15) is 4.39 Å². The molecule has 1 aromatic heterocycles. The van der Waals surface area contributed by atoms with E-state index in [4.69, 9.17) is 0 Å². The van der Waals surface area contributed by atoms with E-state index in [1.807, 2.05) is 6.92 Å². The van der Waals surface area contributed by atoms with Crippen molar-refractivity contribution in [1.29, 1.82) is 0 Å². The molecule has 0 radical (unpaired) electrons. The van der Waals surface area contributed by atoms with Crippen LogP contribution in [0.15, 0.2) is 12.3 Å². The normalized spacial score (nSPS) is 22.2. The Balaban J connectivity index is 2.29. The molecule has 1 fully saturated rings. The van der Waals surface area contributed by atoms with Crippen LogP contribution in [0.5, 0.6) is 0 Å². The maximum Gasteiger partial charge on any atom is 0.146 e. The predicted octanol–water partition coefficient (Wildman–Crippen LogP) is 1.95. The highest BCUT2D eigenvalue weighted by Gasteiger charge is 2.20. The van der Waals surface area contributed by atoms with Gasteiger partial charge in [0, 0.05) is 6.20 Å². The van der Waals surface area contributed by atoms with Crippen molar-refractivity contribution >= 4 is 0 Å². The minimum atomic E-state index is -0.181. The number of aromatic nitrogens is 1. The molecule has 2 heterocycles. The van der Waals surface area contributed by atoms with Gasteiger partial charge in [0.15, 0.2) is 0 Å². The van der Waals surface area contributed by atoms with Crippen LogP contribution in [-0.4, -0.2) is 11.5 Å². The summed E-state index contributed by atoms with van der Waals surface area (Å²) in [7, 11) is 0. The summed E-state index contributed by atoms with van der Waals surface area (Å²) in [6.45, 7) is 2.82. The maximum atomic E-state index is 13.4. The largest absolute Gasteiger partial charge is 0.309 e. The lowest BCUT2D eigenvalue weighted by molar-refractivity contribution is 0.540. The number of hydrogen-bond acceptors (Lipinski definition) is 2. The number of nitrogens with zero attached hydrogens (tertiary/aromatic N) is 1. The average Bonchev–Trinajstić information content (AvgIpc) is 2.56. The summed E-state index contributed by atoms with van der Waals surface area (Å²) in [5.41, 5.74) is 1.45. The van der Waals surface area contributed by atoms with Crippen molar-refractivity contribution in [3.05, 3.63) is 29.3 Å². The molecule has 1 aliphatic rings. The second-order valence-electron chi connectivity index (χ2n) is 3.53. The summed E-state index contributed by atoms with van der Waals surface area (Å²) in [6, 6.07) is 1.67. The van der Waals surface area contributed by atoms with Gasteiger partial charge in [-0.1, -0.05) is 0 Å². The fraction of sp³-hybridized carbons (Fsp3) is 0.500. The molecule has 0 spiro atoms. The van der Waals surface area contributed by atoms with Crippen LogP contribution in [0, 0.1) is 12.7 Å². The van der Waals surface area contributed by atoms with Crippen LogP contribution < -0.4 is 5.32 Å². The smallest absolute Gasteiger partial charge is 0.146 e. The van der Waals surface area contributed by atoms with Crippen molar-refractivity contribution in [2.24, 2.45) is 0 Å². The fourth-order valence-electron chi connectivity index (χ4n) is 1.72. The van der Waals surface area contributed by atoms with Gasteiger partial charge in [-0.15, -0.1) is 0 Å². The Labute approximate surface area is 77.2 Å². The van der Waals surface area contributed by atoms with Crippen LogP contribution in [0.25, 0.3) is 0 Å². The van der Waals surface area contributed by atoms with E-state index in [0.717, 1.165) is 24.9 Å². The van der Waals surface area contributed by atoms with E-state index in [-0.39, 0.29) is 11.9 Å². The van der Waals surface area contributed by atoms with Gasteiger partial charge in [0.1, 0.15) is 5.82 Å². The maximum absolute atomic E-state index is 13.4. The van der Waals surface area contributed by atoms with Crippen LogP contribution in [0.2, 0.25) is 0 Å². The number of hydrogen-bond donors (Lipinski definition) is 1. The Morgan fingerprint density at radius 1 is 1.62 bits per heavy atom. The Hall–Kier alpha value is -0.960. The predicted molar refractivity (Wildman–Crippen MR) is 48.9 cm³/mol. The first-order valence-electron chi connectivity index (χ1n) is 4.63. The number of aryl methyl sites for hydroxylation is 1. The monoisotopic (exact) mass is 180 g/mol. The van der Waals surface area contributed by atoms with Crippen molar-refractivity contribution < 1.29 is 4.39 Å². The fourth-order valence-corrected chi connectivity index (χ4v) is 1.72. The first-order chi connectivity index (χ1) is 6.27. The third kappa shape index (κ3) is 1.70. The lowest BCUT2D eigenvalue weighted by atomic mass is 10.1. The second kappa shape index (κ2) is 3.42. The lowest BCUT2D eigenvalue weighted by Gasteiger charge is -2.10. The number of nitrogens with one attached hydrogen (secondary N) is 1. The van der Waals surface area contributed by atoms with Crippen LogP contribution >= 0.6 is 0 Å². The zero-order valence-electron chi connectivity index (χ0n) is 7.68. The molecule has 2 rings (SSSR count). The third-order valence-corrected chi connectivity index (χ3v) is 2.40. The molecule has 0 bridgehead atoms. The molecule has 13 heavy (non-hydrogen) atoms. The molecule has 1 atom stereocenters. The molecule has 1 N–H and O–H groups in total. The van der Waals surface area contributed by atoms with Gasteiger partial charge in [0.25, 0.3) is 0 Å². The van der Waals surface area contributed by atoms with E-state index in [1.165, 1.54) is 0 Å². The third-order valence-electron chi connectivity index (χ3n) is 2.40. The first kappa shape index (κ1) is 8.63. The minimum absolute atomic E-state index is 0.126. The zero-order valence-corrected chi connectivity index (χ0v) is 7.68. The van der Waals surface area contributed by atoms with Crippen molar-refractivity contribution in [2.75, 3.05) is 6.54 Å². The molecular formula is C10H13FN2. The van der Waals surface area contributed by atoms with Gasteiger partial charge in [0.05, 0.1) is 11.7 Å². The van der Waals surface area contributed by atoms with Gasteiger partial charge in [-0.25, -0.2) is 4.39 Å². The van der Waals surface area contributed by atoms with Crippen molar-refractivity contribution in [3.8, 4) is 0 Å². The summed E-state index contributed by atoms with van der Waals surface area (Å²) >= 11 is 0. The summed E-state index contributed by atoms with van der Waals surface area (Å²) in [5.74, 6) is -0.181. The first-order valence-corrected chi connectivity index (χ1v) is 4.63. The highest BCUT2D eigenvalue weighted by atomic mass is 19.1. The Morgan fingerprint density at radius 2 is 2.46 bits per heavy atom. The van der Waals surface area contributed by atoms with Gasteiger partial charge >= 0.3 is 0 Å². The second-order valence-corrected chi connectivity index (χ2v) is 3.53. The Morgan fingerprint density at radius 3 is 3.08 bits per heavy atom. The van der Waals surface area contributed by atoms with Gasteiger partial charge in [-0.2, -0.15) is 0 Å². The van der Waals surface area contributed by atoms with E-state index in [2.05, 4.69) is 10.3 Å². The van der Waals surface area contributed by atoms with Gasteiger partial charge < -0.3 is 5.32 Å². The van der Waals surface area contributed by atoms with Crippen LogP contribution in [0.3, 0.4) is 0 Å². The van der Waals surface area contributed by atoms with E-state index in [0.29, 0.717) is 5.69 Å². The van der Waals surface area contributed by atoms with Crippen molar-refractivity contribution in [3.63, 3.8) is 0 Å². The quantitative estimate of drug-likeness (QED) is 0.714. The summed E-state index contributed by atoms with van der Waals surface area (Å²) in [5, 5.41) is 3.23. The molecule has 0 aromatic carbocycles. The number of rotatable bonds is 1. The molecule has 1 saturated heterocycles. The molecular weight excluding hydrogens is 167 g/mol. The molecule has 0 aliphatic carbocycles. The van der Waals surface area contributed by atoms with Gasteiger partial charge in [-0.05, 0) is 37.9 Å². The standard InChI is InChI=1S/C10H13FN2/c1-7-5-8(11)10(13-6-7)9-3-2-4-12-9/h5-6,9,12H,2-4H2,1H3. The molecule has 0 saturated carbocycles. The molecule has 1 aliphatic heterocycles. The Bertz CT molecular complexity index is 306. The molecule has 1 unspecified atom stereocenters. The van der Waals surface area contributed by atoms with Crippen LogP contribution in [0.4, 0.5) is 4.39 Å². The van der Waals surface area contributed by atoms with Crippen molar-refractivity contribution in [1.82, 2.24) is 10.3 Å². The van der Waals surface area contributed by atoms with Crippen LogP contribution in [0.1, 0.15) is 30.1 Å². The summed E-state index contributed by atoms with van der Waals surface area (Å²) in [6.07, 6.45) is 3.82. The topological polar surface area (TPSA) is 24.9 Å². The van der Waals surface area contributed by atoms with E-state index >= 15 is 0 Å². The summed E-state index contributed by atoms with van der Waals surface area (Å²) < 4.78 is 13.4. The zero-order chi connectivity index (χ0) is 9.26. The molecule has 1 aromatic rings. The minimum Gasteiger partial charge on any atom is -0.309 e. The highest BCUT2D eigenvalue weighted by molar-refractivity contribution is 5.18. The molecule has 70 valence electrons.